The Morgan fingerprint density at radius 2 is 2.27 bits per heavy atom. The Bertz CT molecular complexity index is 255. The Hall–Kier alpha value is -0.520. The molecule has 2 aliphatic heterocycles. The molecule has 84 valence electrons. The third-order valence-corrected chi connectivity index (χ3v) is 3.68. The predicted octanol–water partition coefficient (Wildman–Crippen LogP) is 1.48. The number of hydrogen-bond acceptors (Lipinski definition) is 2. The molecule has 0 saturated carbocycles. The molecule has 1 unspecified atom stereocenters. The van der Waals surface area contributed by atoms with E-state index in [1.807, 2.05) is 0 Å². The molecule has 2 rings (SSSR count). The largest absolute Gasteiger partial charge is 0.316 e. The van der Waals surface area contributed by atoms with Gasteiger partial charge < -0.3 is 5.32 Å². The van der Waals surface area contributed by atoms with E-state index in [1.54, 1.807) is 0 Å². The molecule has 0 bridgehead atoms. The van der Waals surface area contributed by atoms with Crippen LogP contribution in [0.5, 0.6) is 0 Å². The molecule has 1 N–H and O–H groups in total. The molecule has 2 saturated heterocycles. The molecule has 0 amide bonds. The highest BCUT2D eigenvalue weighted by Gasteiger charge is 2.37. The van der Waals surface area contributed by atoms with Crippen LogP contribution in [-0.2, 0) is 0 Å². The fraction of sp³-hybridized carbons (Fsp3) is 0.846. The molecule has 2 heteroatoms. The van der Waals surface area contributed by atoms with Gasteiger partial charge >= 0.3 is 0 Å². The lowest BCUT2D eigenvalue weighted by Gasteiger charge is -2.39. The molecule has 0 radical (unpaired) electrons. The van der Waals surface area contributed by atoms with Gasteiger partial charge in [-0.2, -0.15) is 0 Å². The minimum atomic E-state index is 0.589. The first-order valence-corrected chi connectivity index (χ1v) is 6.23. The summed E-state index contributed by atoms with van der Waals surface area (Å²) in [5.41, 5.74) is 0.589. The van der Waals surface area contributed by atoms with Gasteiger partial charge in [-0.05, 0) is 37.8 Å². The number of likely N-dealkylation sites (tertiary alicyclic amines) is 1. The minimum Gasteiger partial charge on any atom is -0.316 e. The van der Waals surface area contributed by atoms with Crippen molar-refractivity contribution in [1.29, 1.82) is 0 Å². The van der Waals surface area contributed by atoms with Crippen LogP contribution < -0.4 is 5.32 Å². The Labute approximate surface area is 93.4 Å². The first-order valence-electron chi connectivity index (χ1n) is 6.23. The first-order chi connectivity index (χ1) is 7.35. The highest BCUT2D eigenvalue weighted by Crippen LogP contribution is 2.35. The first kappa shape index (κ1) is 11.0. The summed E-state index contributed by atoms with van der Waals surface area (Å²) in [7, 11) is 0. The van der Waals surface area contributed by atoms with Crippen LogP contribution in [0.1, 0.15) is 32.6 Å². The van der Waals surface area contributed by atoms with Crippen molar-refractivity contribution in [3.05, 3.63) is 0 Å². The van der Waals surface area contributed by atoms with Crippen LogP contribution in [0.15, 0.2) is 0 Å². The van der Waals surface area contributed by atoms with Gasteiger partial charge in [0, 0.05) is 19.5 Å². The van der Waals surface area contributed by atoms with Crippen LogP contribution in [0, 0.1) is 17.3 Å². The fourth-order valence-electron chi connectivity index (χ4n) is 2.88. The fourth-order valence-corrected chi connectivity index (χ4v) is 2.88. The molecule has 2 nitrogen and oxygen atoms in total. The van der Waals surface area contributed by atoms with E-state index < -0.39 is 0 Å². The zero-order valence-electron chi connectivity index (χ0n) is 9.81. The molecular formula is C13H22N2. The lowest BCUT2D eigenvalue weighted by molar-refractivity contribution is 0.116. The van der Waals surface area contributed by atoms with Gasteiger partial charge in [0.05, 0.1) is 6.54 Å². The van der Waals surface area contributed by atoms with Gasteiger partial charge in [-0.25, -0.2) is 0 Å². The van der Waals surface area contributed by atoms with Crippen LogP contribution in [0.25, 0.3) is 0 Å². The maximum atomic E-state index is 3.51. The van der Waals surface area contributed by atoms with Crippen LogP contribution in [0.2, 0.25) is 0 Å². The third kappa shape index (κ3) is 2.74. The summed E-state index contributed by atoms with van der Waals surface area (Å²) < 4.78 is 0. The number of piperidine rings is 1. The van der Waals surface area contributed by atoms with Gasteiger partial charge in [0.1, 0.15) is 0 Å². The molecule has 15 heavy (non-hydrogen) atoms. The Morgan fingerprint density at radius 1 is 1.33 bits per heavy atom. The summed E-state index contributed by atoms with van der Waals surface area (Å²) in [5, 5.41) is 3.51. The van der Waals surface area contributed by atoms with E-state index in [1.165, 1.54) is 45.4 Å². The van der Waals surface area contributed by atoms with E-state index in [0.717, 1.165) is 13.0 Å². The Morgan fingerprint density at radius 3 is 3.00 bits per heavy atom. The Balaban J connectivity index is 1.86. The predicted molar refractivity (Wildman–Crippen MR) is 63.7 cm³/mol. The van der Waals surface area contributed by atoms with E-state index in [9.17, 15) is 0 Å². The van der Waals surface area contributed by atoms with Gasteiger partial charge in [0.25, 0.3) is 0 Å². The van der Waals surface area contributed by atoms with Crippen LogP contribution >= 0.6 is 0 Å². The van der Waals surface area contributed by atoms with Crippen molar-refractivity contribution in [2.24, 2.45) is 5.41 Å². The summed E-state index contributed by atoms with van der Waals surface area (Å²) in [6.07, 6.45) is 5.12. The second kappa shape index (κ2) is 5.01. The molecule has 0 aromatic carbocycles. The maximum absolute atomic E-state index is 3.51. The maximum Gasteiger partial charge on any atom is 0.0601 e. The van der Waals surface area contributed by atoms with E-state index in [-0.39, 0.29) is 0 Å². The van der Waals surface area contributed by atoms with Crippen molar-refractivity contribution in [2.45, 2.75) is 32.6 Å². The summed E-state index contributed by atoms with van der Waals surface area (Å²) in [5.74, 6) is 6.43. The number of rotatable bonds is 1. The highest BCUT2D eigenvalue weighted by atomic mass is 15.1. The van der Waals surface area contributed by atoms with Crippen LogP contribution in [-0.4, -0.2) is 37.6 Å². The molecule has 2 aliphatic rings. The molecule has 2 heterocycles. The van der Waals surface area contributed by atoms with Crippen molar-refractivity contribution in [2.75, 3.05) is 32.7 Å². The molecule has 0 aromatic heterocycles. The summed E-state index contributed by atoms with van der Waals surface area (Å²) >= 11 is 0. The Kier molecular flexibility index (Phi) is 3.66. The molecule has 2 fully saturated rings. The van der Waals surface area contributed by atoms with Crippen LogP contribution in [0.3, 0.4) is 0 Å². The molecular weight excluding hydrogens is 184 g/mol. The standard InChI is InChI=1S/C13H22N2/c1-2-3-4-9-15-10-5-6-13(12-15)7-8-14-11-13/h14H,2,5-12H2,1H3. The average molecular weight is 206 g/mol. The molecule has 1 atom stereocenters. The SMILES string of the molecule is CCC#CCN1CCCC2(CCNC2)C1. The van der Waals surface area contributed by atoms with Crippen molar-refractivity contribution in [1.82, 2.24) is 10.2 Å². The summed E-state index contributed by atoms with van der Waals surface area (Å²) in [6.45, 7) is 8.05. The second-order valence-electron chi connectivity index (χ2n) is 4.95. The average Bonchev–Trinajstić information content (AvgIpc) is 2.67. The van der Waals surface area contributed by atoms with E-state index in [2.05, 4.69) is 29.0 Å². The van der Waals surface area contributed by atoms with E-state index >= 15 is 0 Å². The van der Waals surface area contributed by atoms with Crippen molar-refractivity contribution < 1.29 is 0 Å². The minimum absolute atomic E-state index is 0.589. The zero-order valence-corrected chi connectivity index (χ0v) is 9.81. The highest BCUT2D eigenvalue weighted by molar-refractivity contribution is 5.02. The topological polar surface area (TPSA) is 15.3 Å². The van der Waals surface area contributed by atoms with E-state index in [0.29, 0.717) is 5.41 Å². The number of nitrogens with one attached hydrogen (secondary N) is 1. The van der Waals surface area contributed by atoms with Gasteiger partial charge in [-0.15, -0.1) is 5.92 Å². The monoisotopic (exact) mass is 206 g/mol. The van der Waals surface area contributed by atoms with Crippen LogP contribution in [0.4, 0.5) is 0 Å². The van der Waals surface area contributed by atoms with Gasteiger partial charge in [-0.3, -0.25) is 4.90 Å². The summed E-state index contributed by atoms with van der Waals surface area (Å²) in [4.78, 5) is 2.54. The lowest BCUT2D eigenvalue weighted by atomic mass is 9.79. The smallest absolute Gasteiger partial charge is 0.0601 e. The molecule has 0 aliphatic carbocycles. The van der Waals surface area contributed by atoms with Crippen molar-refractivity contribution in [3.8, 4) is 11.8 Å². The normalized spacial score (nSPS) is 31.5. The van der Waals surface area contributed by atoms with Gasteiger partial charge in [-0.1, -0.05) is 12.8 Å². The zero-order chi connectivity index (χ0) is 10.6. The summed E-state index contributed by atoms with van der Waals surface area (Å²) in [6, 6.07) is 0. The third-order valence-electron chi connectivity index (χ3n) is 3.68. The van der Waals surface area contributed by atoms with E-state index in [4.69, 9.17) is 0 Å². The number of hydrogen-bond donors (Lipinski definition) is 1. The van der Waals surface area contributed by atoms with Crippen molar-refractivity contribution >= 4 is 0 Å². The van der Waals surface area contributed by atoms with Gasteiger partial charge in [0.15, 0.2) is 0 Å². The molecule has 0 aromatic rings. The second-order valence-corrected chi connectivity index (χ2v) is 4.95. The lowest BCUT2D eigenvalue weighted by Crippen LogP contribution is -2.44. The van der Waals surface area contributed by atoms with Crippen molar-refractivity contribution in [3.63, 3.8) is 0 Å². The molecule has 1 spiro atoms. The quantitative estimate of drug-likeness (QED) is 0.654. The number of nitrogens with zero attached hydrogens (tertiary/aromatic N) is 1. The van der Waals surface area contributed by atoms with Gasteiger partial charge in [0.2, 0.25) is 0 Å².